The molecular formula is C13H12N2S. The van der Waals surface area contributed by atoms with Gasteiger partial charge in [0.05, 0.1) is 6.04 Å². The maximum atomic E-state index is 4.54. The third-order valence-electron chi connectivity index (χ3n) is 2.79. The Morgan fingerprint density at radius 2 is 2.19 bits per heavy atom. The summed E-state index contributed by atoms with van der Waals surface area (Å²) in [5, 5.41) is 2.35. The maximum absolute atomic E-state index is 4.54. The van der Waals surface area contributed by atoms with Crippen LogP contribution in [0.3, 0.4) is 0 Å². The van der Waals surface area contributed by atoms with Gasteiger partial charge in [-0.05, 0) is 12.5 Å². The molecule has 0 saturated heterocycles. The molecule has 1 unspecified atom stereocenters. The number of aliphatic imine (C=N–C) groups is 2. The number of hydrogen-bond acceptors (Lipinski definition) is 3. The standard InChI is InChI=1S/C13H12N2S/c1-2-9-7-15-13-11(8-14-9)10-5-3-4-6-12(10)16-13/h3-9H,2H2,1H3. The Morgan fingerprint density at radius 3 is 3.06 bits per heavy atom. The van der Waals surface area contributed by atoms with E-state index < -0.39 is 0 Å². The normalized spacial score (nSPS) is 18.7. The van der Waals surface area contributed by atoms with E-state index in [4.69, 9.17) is 0 Å². The lowest BCUT2D eigenvalue weighted by Gasteiger charge is -1.98. The van der Waals surface area contributed by atoms with Crippen LogP contribution in [0.5, 0.6) is 0 Å². The Labute approximate surface area is 98.4 Å². The van der Waals surface area contributed by atoms with Crippen molar-refractivity contribution in [1.29, 1.82) is 0 Å². The van der Waals surface area contributed by atoms with Crippen molar-refractivity contribution in [2.24, 2.45) is 9.98 Å². The van der Waals surface area contributed by atoms with Crippen molar-refractivity contribution in [1.82, 2.24) is 0 Å². The third-order valence-corrected chi connectivity index (χ3v) is 3.89. The minimum absolute atomic E-state index is 0.235. The fourth-order valence-electron chi connectivity index (χ4n) is 1.85. The quantitative estimate of drug-likeness (QED) is 0.709. The molecule has 0 aliphatic carbocycles. The van der Waals surface area contributed by atoms with Gasteiger partial charge in [0, 0.05) is 28.1 Å². The van der Waals surface area contributed by atoms with Crippen LogP contribution in [0.15, 0.2) is 34.3 Å². The molecule has 2 nitrogen and oxygen atoms in total. The number of benzene rings is 1. The summed E-state index contributed by atoms with van der Waals surface area (Å²) >= 11 is 1.74. The number of hydrogen-bond donors (Lipinski definition) is 0. The van der Waals surface area contributed by atoms with Gasteiger partial charge < -0.3 is 0 Å². The van der Waals surface area contributed by atoms with Crippen LogP contribution in [0.4, 0.5) is 5.00 Å². The van der Waals surface area contributed by atoms with Crippen molar-refractivity contribution >= 4 is 38.9 Å². The molecule has 3 heteroatoms. The molecule has 0 N–H and O–H groups in total. The van der Waals surface area contributed by atoms with Gasteiger partial charge in [-0.1, -0.05) is 25.1 Å². The van der Waals surface area contributed by atoms with E-state index in [0.29, 0.717) is 0 Å². The first-order valence-corrected chi connectivity index (χ1v) is 6.29. The van der Waals surface area contributed by atoms with Gasteiger partial charge in [0.15, 0.2) is 0 Å². The molecule has 2 aromatic rings. The van der Waals surface area contributed by atoms with E-state index in [2.05, 4.69) is 41.2 Å². The highest BCUT2D eigenvalue weighted by Gasteiger charge is 2.12. The SMILES string of the molecule is CCC1C=Nc2sc3ccccc3c2C=N1. The minimum Gasteiger partial charge on any atom is -0.283 e. The Balaban J connectivity index is 2.21. The Hall–Kier alpha value is -1.48. The lowest BCUT2D eigenvalue weighted by Crippen LogP contribution is -2.02. The number of thiophene rings is 1. The van der Waals surface area contributed by atoms with Gasteiger partial charge in [0.25, 0.3) is 0 Å². The maximum Gasteiger partial charge on any atom is 0.125 e. The second-order valence-electron chi connectivity index (χ2n) is 3.85. The van der Waals surface area contributed by atoms with Crippen LogP contribution < -0.4 is 0 Å². The smallest absolute Gasteiger partial charge is 0.125 e. The first-order chi connectivity index (χ1) is 7.88. The zero-order valence-electron chi connectivity index (χ0n) is 9.05. The van der Waals surface area contributed by atoms with Crippen molar-refractivity contribution in [3.05, 3.63) is 29.8 Å². The highest BCUT2D eigenvalue weighted by Crippen LogP contribution is 2.37. The summed E-state index contributed by atoms with van der Waals surface area (Å²) in [6.07, 6.45) is 4.94. The molecule has 1 atom stereocenters. The van der Waals surface area contributed by atoms with Crippen LogP contribution in [-0.2, 0) is 0 Å². The highest BCUT2D eigenvalue weighted by molar-refractivity contribution is 7.23. The monoisotopic (exact) mass is 228 g/mol. The van der Waals surface area contributed by atoms with Gasteiger partial charge in [0.1, 0.15) is 5.00 Å². The van der Waals surface area contributed by atoms with Gasteiger partial charge >= 0.3 is 0 Å². The van der Waals surface area contributed by atoms with Crippen molar-refractivity contribution in [2.75, 3.05) is 0 Å². The molecule has 3 rings (SSSR count). The molecule has 1 aliphatic rings. The molecule has 16 heavy (non-hydrogen) atoms. The average Bonchev–Trinajstić information content (AvgIpc) is 2.55. The number of nitrogens with zero attached hydrogens (tertiary/aromatic N) is 2. The molecule has 1 aromatic heterocycles. The second kappa shape index (κ2) is 3.83. The number of rotatable bonds is 1. The summed E-state index contributed by atoms with van der Waals surface area (Å²) in [6, 6.07) is 8.63. The van der Waals surface area contributed by atoms with E-state index in [9.17, 15) is 0 Å². The third kappa shape index (κ3) is 1.48. The van der Waals surface area contributed by atoms with Crippen LogP contribution in [-0.4, -0.2) is 18.5 Å². The van der Waals surface area contributed by atoms with E-state index in [0.717, 1.165) is 11.4 Å². The van der Waals surface area contributed by atoms with Gasteiger partial charge in [0.2, 0.25) is 0 Å². The second-order valence-corrected chi connectivity index (χ2v) is 4.88. The van der Waals surface area contributed by atoms with Crippen LogP contribution in [0, 0.1) is 0 Å². The Bertz CT molecular complexity index is 581. The summed E-state index contributed by atoms with van der Waals surface area (Å²) in [5.74, 6) is 0. The summed E-state index contributed by atoms with van der Waals surface area (Å²) in [5.41, 5.74) is 1.17. The molecule has 0 saturated carbocycles. The van der Waals surface area contributed by atoms with Gasteiger partial charge in [-0.15, -0.1) is 11.3 Å². The van der Waals surface area contributed by atoms with Gasteiger partial charge in [-0.25, -0.2) is 4.99 Å². The predicted octanol–water partition coefficient (Wildman–Crippen LogP) is 3.81. The fraction of sp³-hybridized carbons (Fsp3) is 0.231. The molecule has 0 spiro atoms. The average molecular weight is 228 g/mol. The summed E-state index contributed by atoms with van der Waals surface area (Å²) < 4.78 is 1.28. The molecule has 0 amide bonds. The molecular weight excluding hydrogens is 216 g/mol. The van der Waals surface area contributed by atoms with E-state index in [1.807, 2.05) is 12.4 Å². The van der Waals surface area contributed by atoms with Crippen molar-refractivity contribution in [3.63, 3.8) is 0 Å². The molecule has 1 aliphatic heterocycles. The molecule has 80 valence electrons. The predicted molar refractivity (Wildman–Crippen MR) is 71.7 cm³/mol. The first-order valence-electron chi connectivity index (χ1n) is 5.47. The van der Waals surface area contributed by atoms with Crippen molar-refractivity contribution in [3.8, 4) is 0 Å². The van der Waals surface area contributed by atoms with E-state index >= 15 is 0 Å². The lowest BCUT2D eigenvalue weighted by atomic mass is 10.2. The van der Waals surface area contributed by atoms with Crippen molar-refractivity contribution < 1.29 is 0 Å². The van der Waals surface area contributed by atoms with Crippen LogP contribution in [0.25, 0.3) is 10.1 Å². The molecule has 1 aromatic carbocycles. The van der Waals surface area contributed by atoms with E-state index in [1.54, 1.807) is 11.3 Å². The molecule has 2 heterocycles. The molecule has 0 bridgehead atoms. The summed E-state index contributed by atoms with van der Waals surface area (Å²) in [6.45, 7) is 2.13. The van der Waals surface area contributed by atoms with Crippen LogP contribution in [0.2, 0.25) is 0 Å². The van der Waals surface area contributed by atoms with E-state index in [1.165, 1.54) is 15.6 Å². The van der Waals surface area contributed by atoms with Gasteiger partial charge in [-0.3, -0.25) is 4.99 Å². The largest absolute Gasteiger partial charge is 0.283 e. The zero-order chi connectivity index (χ0) is 11.0. The highest BCUT2D eigenvalue weighted by atomic mass is 32.1. The topological polar surface area (TPSA) is 24.7 Å². The Kier molecular flexibility index (Phi) is 2.33. The van der Waals surface area contributed by atoms with Crippen molar-refractivity contribution in [2.45, 2.75) is 19.4 Å². The summed E-state index contributed by atoms with van der Waals surface area (Å²) in [7, 11) is 0. The molecule has 0 fully saturated rings. The van der Waals surface area contributed by atoms with Crippen LogP contribution >= 0.6 is 11.3 Å². The first kappa shape index (κ1) is 9.73. The minimum atomic E-state index is 0.235. The fourth-order valence-corrected chi connectivity index (χ4v) is 2.88. The lowest BCUT2D eigenvalue weighted by molar-refractivity contribution is 0.841. The van der Waals surface area contributed by atoms with Gasteiger partial charge in [-0.2, -0.15) is 0 Å². The van der Waals surface area contributed by atoms with Crippen LogP contribution in [0.1, 0.15) is 18.9 Å². The molecule has 0 radical (unpaired) electrons. The van der Waals surface area contributed by atoms with E-state index in [-0.39, 0.29) is 6.04 Å². The zero-order valence-corrected chi connectivity index (χ0v) is 9.87. The summed E-state index contributed by atoms with van der Waals surface area (Å²) in [4.78, 5) is 9.08. The number of fused-ring (bicyclic) bond motifs is 3. The Morgan fingerprint density at radius 1 is 1.31 bits per heavy atom.